The molecule has 25 heavy (non-hydrogen) atoms. The van der Waals surface area contributed by atoms with Gasteiger partial charge in [-0.05, 0) is 38.8 Å². The summed E-state index contributed by atoms with van der Waals surface area (Å²) in [4.78, 5) is 18.9. The van der Waals surface area contributed by atoms with E-state index >= 15 is 0 Å². The van der Waals surface area contributed by atoms with Crippen LogP contribution in [0.1, 0.15) is 37.4 Å². The van der Waals surface area contributed by atoms with Crippen molar-refractivity contribution in [3.63, 3.8) is 0 Å². The molecule has 2 aliphatic rings. The second-order valence-electron chi connectivity index (χ2n) is 6.96. The smallest absolute Gasteiger partial charge is 0.234 e. The molecule has 140 valence electrons. The molecule has 0 aromatic carbocycles. The fourth-order valence-electron chi connectivity index (χ4n) is 3.70. The summed E-state index contributed by atoms with van der Waals surface area (Å²) in [5.41, 5.74) is 0. The number of methoxy groups -OCH3 is 1. The molecule has 0 bridgehead atoms. The number of nitrogens with zero attached hydrogens (tertiary/aromatic N) is 3. The van der Waals surface area contributed by atoms with E-state index in [2.05, 4.69) is 19.8 Å². The monoisotopic (exact) mass is 350 g/mol. The third-order valence-electron chi connectivity index (χ3n) is 5.15. The van der Waals surface area contributed by atoms with Gasteiger partial charge in [0.15, 0.2) is 0 Å². The number of likely N-dealkylation sites (tertiary alicyclic amines) is 1. The van der Waals surface area contributed by atoms with E-state index < -0.39 is 0 Å². The fourth-order valence-corrected chi connectivity index (χ4v) is 3.70. The lowest BCUT2D eigenvalue weighted by Gasteiger charge is -2.31. The average molecular weight is 350 g/mol. The lowest BCUT2D eigenvalue weighted by atomic mass is 9.96. The first-order chi connectivity index (χ1) is 12.3. The normalized spacial score (nSPS) is 22.4. The van der Waals surface area contributed by atoms with Gasteiger partial charge in [-0.1, -0.05) is 0 Å². The van der Waals surface area contributed by atoms with Crippen LogP contribution in [0.15, 0.2) is 12.4 Å². The van der Waals surface area contributed by atoms with Gasteiger partial charge in [0.25, 0.3) is 0 Å². The Morgan fingerprint density at radius 3 is 2.96 bits per heavy atom. The van der Waals surface area contributed by atoms with Crippen molar-refractivity contribution < 1.29 is 14.3 Å². The number of piperidine rings is 1. The Morgan fingerprint density at radius 2 is 2.24 bits per heavy atom. The van der Waals surface area contributed by atoms with Crippen LogP contribution >= 0.6 is 0 Å². The molecule has 1 atom stereocenters. The largest absolute Gasteiger partial charge is 0.383 e. The quantitative estimate of drug-likeness (QED) is 0.758. The maximum atomic E-state index is 12.1. The van der Waals surface area contributed by atoms with E-state index in [1.807, 2.05) is 12.4 Å². The Kier molecular flexibility index (Phi) is 6.84. The van der Waals surface area contributed by atoms with Crippen molar-refractivity contribution in [2.75, 3.05) is 46.5 Å². The third-order valence-corrected chi connectivity index (χ3v) is 5.15. The van der Waals surface area contributed by atoms with Crippen LogP contribution in [0.5, 0.6) is 0 Å². The van der Waals surface area contributed by atoms with Gasteiger partial charge in [0.1, 0.15) is 5.82 Å². The van der Waals surface area contributed by atoms with Crippen molar-refractivity contribution in [1.82, 2.24) is 19.8 Å². The minimum atomic E-state index is 0.107. The van der Waals surface area contributed by atoms with Gasteiger partial charge in [0.2, 0.25) is 5.91 Å². The Labute approximate surface area is 149 Å². The molecule has 2 fully saturated rings. The number of carbonyl (C=O) groups excluding carboxylic acids is 1. The standard InChI is InChI=1S/C18H30N4O3/c1-24-12-10-22-9-6-19-18(22)15-4-7-21(8-5-15)14-17(23)20-13-16-3-2-11-25-16/h6,9,15-16H,2-5,7-8,10-14H2,1H3,(H,20,23)/t16-/m1/s1. The van der Waals surface area contributed by atoms with Gasteiger partial charge in [-0.15, -0.1) is 0 Å². The minimum absolute atomic E-state index is 0.107. The lowest BCUT2D eigenvalue weighted by molar-refractivity contribution is -0.123. The number of amides is 1. The first kappa shape index (κ1) is 18.4. The van der Waals surface area contributed by atoms with Crippen LogP contribution in [0.25, 0.3) is 0 Å². The molecule has 0 saturated carbocycles. The average Bonchev–Trinajstić information content (AvgIpc) is 3.30. The zero-order valence-electron chi connectivity index (χ0n) is 15.2. The molecule has 1 aromatic rings. The number of aromatic nitrogens is 2. The first-order valence-electron chi connectivity index (χ1n) is 9.37. The fraction of sp³-hybridized carbons (Fsp3) is 0.778. The molecule has 7 heteroatoms. The van der Waals surface area contributed by atoms with E-state index in [1.54, 1.807) is 7.11 Å². The molecule has 1 N–H and O–H groups in total. The highest BCUT2D eigenvalue weighted by molar-refractivity contribution is 5.78. The van der Waals surface area contributed by atoms with Crippen LogP contribution in [0.4, 0.5) is 0 Å². The molecule has 0 aliphatic carbocycles. The third kappa shape index (κ3) is 5.26. The predicted molar refractivity (Wildman–Crippen MR) is 94.5 cm³/mol. The number of nitrogens with one attached hydrogen (secondary N) is 1. The molecule has 3 rings (SSSR count). The van der Waals surface area contributed by atoms with E-state index in [4.69, 9.17) is 9.47 Å². The highest BCUT2D eigenvalue weighted by atomic mass is 16.5. The summed E-state index contributed by atoms with van der Waals surface area (Å²) < 4.78 is 12.9. The van der Waals surface area contributed by atoms with Gasteiger partial charge in [-0.3, -0.25) is 9.69 Å². The molecule has 1 aromatic heterocycles. The number of rotatable bonds is 8. The minimum Gasteiger partial charge on any atom is -0.383 e. The van der Waals surface area contributed by atoms with E-state index in [0.717, 1.165) is 57.7 Å². The second kappa shape index (κ2) is 9.31. The summed E-state index contributed by atoms with van der Waals surface area (Å²) in [7, 11) is 1.72. The molecule has 3 heterocycles. The zero-order valence-corrected chi connectivity index (χ0v) is 15.2. The molecular formula is C18H30N4O3. The van der Waals surface area contributed by atoms with Crippen molar-refractivity contribution >= 4 is 5.91 Å². The lowest BCUT2D eigenvalue weighted by Crippen LogP contribution is -2.43. The van der Waals surface area contributed by atoms with Crippen molar-refractivity contribution in [1.29, 1.82) is 0 Å². The van der Waals surface area contributed by atoms with Gasteiger partial charge in [-0.2, -0.15) is 0 Å². The number of hydrogen-bond donors (Lipinski definition) is 1. The summed E-state index contributed by atoms with van der Waals surface area (Å²) in [5, 5.41) is 3.01. The number of carbonyl (C=O) groups is 1. The van der Waals surface area contributed by atoms with E-state index in [9.17, 15) is 4.79 Å². The van der Waals surface area contributed by atoms with Gasteiger partial charge in [0.05, 0.1) is 19.3 Å². The molecule has 2 saturated heterocycles. The Bertz CT molecular complexity index is 534. The molecular weight excluding hydrogens is 320 g/mol. The van der Waals surface area contributed by atoms with Crippen LogP contribution in [0.2, 0.25) is 0 Å². The summed E-state index contributed by atoms with van der Waals surface area (Å²) in [5.74, 6) is 1.73. The predicted octanol–water partition coefficient (Wildman–Crippen LogP) is 1.00. The summed E-state index contributed by atoms with van der Waals surface area (Å²) in [6, 6.07) is 0. The molecule has 2 aliphatic heterocycles. The van der Waals surface area contributed by atoms with Gasteiger partial charge in [-0.25, -0.2) is 4.98 Å². The SMILES string of the molecule is COCCn1ccnc1C1CCN(CC(=O)NC[C@H]2CCCO2)CC1. The van der Waals surface area contributed by atoms with Crippen molar-refractivity contribution in [3.8, 4) is 0 Å². The van der Waals surface area contributed by atoms with Gasteiger partial charge >= 0.3 is 0 Å². The first-order valence-corrected chi connectivity index (χ1v) is 9.37. The van der Waals surface area contributed by atoms with Crippen LogP contribution in [0.3, 0.4) is 0 Å². The van der Waals surface area contributed by atoms with Crippen LogP contribution in [-0.4, -0.2) is 73.0 Å². The van der Waals surface area contributed by atoms with Crippen molar-refractivity contribution in [2.45, 2.75) is 44.2 Å². The molecule has 0 radical (unpaired) electrons. The zero-order chi connectivity index (χ0) is 17.5. The number of ether oxygens (including phenoxy) is 2. The van der Waals surface area contributed by atoms with Gasteiger partial charge in [0, 0.05) is 45.1 Å². The van der Waals surface area contributed by atoms with E-state index in [0.29, 0.717) is 25.6 Å². The Balaban J connectivity index is 1.39. The highest BCUT2D eigenvalue weighted by Gasteiger charge is 2.25. The summed E-state index contributed by atoms with van der Waals surface area (Å²) in [6.45, 7) is 5.38. The van der Waals surface area contributed by atoms with Gasteiger partial charge < -0.3 is 19.4 Å². The maximum absolute atomic E-state index is 12.1. The molecule has 7 nitrogen and oxygen atoms in total. The van der Waals surface area contributed by atoms with Crippen LogP contribution < -0.4 is 5.32 Å². The van der Waals surface area contributed by atoms with Crippen molar-refractivity contribution in [3.05, 3.63) is 18.2 Å². The van der Waals surface area contributed by atoms with Crippen LogP contribution in [-0.2, 0) is 20.8 Å². The number of imidazole rings is 1. The second-order valence-corrected chi connectivity index (χ2v) is 6.96. The number of hydrogen-bond acceptors (Lipinski definition) is 5. The van der Waals surface area contributed by atoms with E-state index in [-0.39, 0.29) is 12.0 Å². The highest BCUT2D eigenvalue weighted by Crippen LogP contribution is 2.26. The maximum Gasteiger partial charge on any atom is 0.234 e. The molecule has 0 spiro atoms. The summed E-state index contributed by atoms with van der Waals surface area (Å²) >= 11 is 0. The molecule has 1 amide bonds. The topological polar surface area (TPSA) is 68.6 Å². The Hall–Kier alpha value is -1.44. The Morgan fingerprint density at radius 1 is 1.40 bits per heavy atom. The summed E-state index contributed by atoms with van der Waals surface area (Å²) in [6.07, 6.45) is 8.36. The van der Waals surface area contributed by atoms with Crippen molar-refractivity contribution in [2.24, 2.45) is 0 Å². The molecule has 0 unspecified atom stereocenters. The van der Waals surface area contributed by atoms with E-state index in [1.165, 1.54) is 0 Å². The van der Waals surface area contributed by atoms with Crippen LogP contribution in [0, 0.1) is 0 Å².